The van der Waals surface area contributed by atoms with Crippen molar-refractivity contribution in [3.63, 3.8) is 0 Å². The molecule has 3 aromatic rings. The van der Waals surface area contributed by atoms with Crippen molar-refractivity contribution in [1.82, 2.24) is 5.32 Å². The number of carbonyl (C=O) groups is 3. The van der Waals surface area contributed by atoms with Gasteiger partial charge in [0.1, 0.15) is 6.61 Å². The van der Waals surface area contributed by atoms with E-state index >= 15 is 0 Å². The van der Waals surface area contributed by atoms with Crippen molar-refractivity contribution in [3.8, 4) is 11.1 Å². The normalized spacial score (nSPS) is 12.9. The van der Waals surface area contributed by atoms with Gasteiger partial charge in [-0.05, 0) is 46.9 Å². The Balaban J connectivity index is 1.47. The number of aliphatic carboxylic acids is 1. The van der Waals surface area contributed by atoms with Crippen LogP contribution in [0.15, 0.2) is 71.2 Å². The molecular weight excluding hydrogens is 512 g/mol. The van der Waals surface area contributed by atoms with Gasteiger partial charge in [0.05, 0.1) is 17.7 Å². The van der Waals surface area contributed by atoms with Crippen LogP contribution in [0.5, 0.6) is 0 Å². The van der Waals surface area contributed by atoms with Gasteiger partial charge in [-0.25, -0.2) is 4.79 Å². The second kappa shape index (κ2) is 10.7. The highest BCUT2D eigenvalue weighted by Crippen LogP contribution is 2.44. The van der Waals surface area contributed by atoms with Crippen LogP contribution in [0.3, 0.4) is 0 Å². The lowest BCUT2D eigenvalue weighted by atomic mass is 9.98. The highest BCUT2D eigenvalue weighted by Gasteiger charge is 2.29. The van der Waals surface area contributed by atoms with Crippen molar-refractivity contribution in [2.75, 3.05) is 11.9 Å². The largest absolute Gasteiger partial charge is 0.481 e. The van der Waals surface area contributed by atoms with Crippen LogP contribution < -0.4 is 10.6 Å². The monoisotopic (exact) mass is 536 g/mol. The fraction of sp³-hybridized carbons (Fsp3) is 0.222. The molecular formula is C27H25BrN2O5. The number of carbonyl (C=O) groups excluding carboxylic acids is 2. The minimum atomic E-state index is -0.995. The van der Waals surface area contributed by atoms with Crippen molar-refractivity contribution < 1.29 is 24.2 Å². The zero-order chi connectivity index (χ0) is 24.9. The lowest BCUT2D eigenvalue weighted by molar-refractivity contribution is -0.137. The first-order valence-corrected chi connectivity index (χ1v) is 12.1. The van der Waals surface area contributed by atoms with Crippen molar-refractivity contribution in [2.45, 2.75) is 31.7 Å². The number of carboxylic acid groups (broad SMARTS) is 1. The first kappa shape index (κ1) is 24.5. The summed E-state index contributed by atoms with van der Waals surface area (Å²) in [5.74, 6) is -1.55. The lowest BCUT2D eigenvalue weighted by Gasteiger charge is -2.18. The second-order valence-corrected chi connectivity index (χ2v) is 9.23. The van der Waals surface area contributed by atoms with Gasteiger partial charge < -0.3 is 15.2 Å². The highest BCUT2D eigenvalue weighted by molar-refractivity contribution is 9.10. The molecule has 1 aliphatic rings. The zero-order valence-electron chi connectivity index (χ0n) is 19.1. The van der Waals surface area contributed by atoms with E-state index in [-0.39, 0.29) is 30.2 Å². The number of rotatable bonds is 8. The maximum atomic E-state index is 12.8. The van der Waals surface area contributed by atoms with E-state index in [0.29, 0.717) is 10.9 Å². The van der Waals surface area contributed by atoms with Gasteiger partial charge in [0.15, 0.2) is 0 Å². The Morgan fingerprint density at radius 3 is 2.23 bits per heavy atom. The molecule has 0 heterocycles. The summed E-state index contributed by atoms with van der Waals surface area (Å²) >= 11 is 3.36. The van der Waals surface area contributed by atoms with E-state index in [1.54, 1.807) is 25.1 Å². The SMILES string of the molecule is CC[C@@H](CC(=O)O)NC(=O)c1ccc(Br)cc1NC(=O)OCC1c2ccccc2-c2ccccc21. The van der Waals surface area contributed by atoms with E-state index in [4.69, 9.17) is 9.84 Å². The van der Waals surface area contributed by atoms with Gasteiger partial charge in [-0.1, -0.05) is 71.4 Å². The molecule has 1 aliphatic carbocycles. The molecule has 0 unspecified atom stereocenters. The third kappa shape index (κ3) is 5.54. The van der Waals surface area contributed by atoms with E-state index in [2.05, 4.69) is 38.7 Å². The van der Waals surface area contributed by atoms with Gasteiger partial charge in [0.2, 0.25) is 0 Å². The Morgan fingerprint density at radius 2 is 1.63 bits per heavy atom. The Kier molecular flexibility index (Phi) is 7.51. The van der Waals surface area contributed by atoms with Crippen molar-refractivity contribution in [2.24, 2.45) is 0 Å². The van der Waals surface area contributed by atoms with Crippen LogP contribution in [0.25, 0.3) is 11.1 Å². The minimum Gasteiger partial charge on any atom is -0.481 e. The lowest BCUT2D eigenvalue weighted by Crippen LogP contribution is -2.36. The summed E-state index contributed by atoms with van der Waals surface area (Å²) in [5.41, 5.74) is 4.95. The Hall–Kier alpha value is -3.65. The average molecular weight is 537 g/mol. The first-order valence-electron chi connectivity index (χ1n) is 11.3. The first-order chi connectivity index (χ1) is 16.9. The number of ether oxygens (including phenoxy) is 1. The molecule has 3 aromatic carbocycles. The summed E-state index contributed by atoms with van der Waals surface area (Å²) in [7, 11) is 0. The third-order valence-electron chi connectivity index (χ3n) is 6.06. The number of fused-ring (bicyclic) bond motifs is 3. The van der Waals surface area contributed by atoms with Crippen LogP contribution in [-0.4, -0.2) is 35.7 Å². The Labute approximate surface area is 211 Å². The van der Waals surface area contributed by atoms with Crippen LogP contribution >= 0.6 is 15.9 Å². The summed E-state index contributed by atoms with van der Waals surface area (Å²) in [6.07, 6.45) is -0.408. The van der Waals surface area contributed by atoms with Crippen LogP contribution in [0, 0.1) is 0 Å². The Bertz CT molecular complexity index is 1230. The van der Waals surface area contributed by atoms with Crippen molar-refractivity contribution in [1.29, 1.82) is 0 Å². The highest BCUT2D eigenvalue weighted by atomic mass is 79.9. The van der Waals surface area contributed by atoms with Gasteiger partial charge in [0, 0.05) is 16.4 Å². The molecule has 0 spiro atoms. The van der Waals surface area contributed by atoms with E-state index in [9.17, 15) is 14.4 Å². The zero-order valence-corrected chi connectivity index (χ0v) is 20.7. The quantitative estimate of drug-likeness (QED) is 0.337. The molecule has 4 rings (SSSR count). The van der Waals surface area contributed by atoms with E-state index < -0.39 is 24.0 Å². The number of halogens is 1. The van der Waals surface area contributed by atoms with Crippen molar-refractivity contribution >= 4 is 39.6 Å². The molecule has 3 N–H and O–H groups in total. The van der Waals surface area contributed by atoms with Crippen LogP contribution in [0.4, 0.5) is 10.5 Å². The van der Waals surface area contributed by atoms with Crippen LogP contribution in [-0.2, 0) is 9.53 Å². The van der Waals surface area contributed by atoms with Gasteiger partial charge in [-0.15, -0.1) is 0 Å². The summed E-state index contributed by atoms with van der Waals surface area (Å²) in [4.78, 5) is 36.6. The number of carboxylic acids is 1. The summed E-state index contributed by atoms with van der Waals surface area (Å²) < 4.78 is 6.27. The van der Waals surface area contributed by atoms with Gasteiger partial charge in [0.25, 0.3) is 5.91 Å². The third-order valence-corrected chi connectivity index (χ3v) is 6.55. The fourth-order valence-electron chi connectivity index (χ4n) is 4.33. The number of hydrogen-bond acceptors (Lipinski definition) is 4. The fourth-order valence-corrected chi connectivity index (χ4v) is 4.69. The maximum absolute atomic E-state index is 12.8. The van der Waals surface area contributed by atoms with Gasteiger partial charge >= 0.3 is 12.1 Å². The molecule has 0 aromatic heterocycles. The average Bonchev–Trinajstić information content (AvgIpc) is 3.15. The van der Waals surface area contributed by atoms with E-state index in [1.807, 2.05) is 36.4 Å². The number of nitrogens with one attached hydrogen (secondary N) is 2. The molecule has 0 fully saturated rings. The standard InChI is InChI=1S/C27H25BrN2O5/c1-2-17(14-25(31)32)29-26(33)22-12-11-16(28)13-24(22)30-27(34)35-15-23-20-9-5-3-7-18(20)19-8-4-6-10-21(19)23/h3-13,17,23H,2,14-15H2,1H3,(H,29,33)(H,30,34)(H,31,32)/t17-/m0/s1. The topological polar surface area (TPSA) is 105 Å². The predicted molar refractivity (Wildman–Crippen MR) is 137 cm³/mol. The summed E-state index contributed by atoms with van der Waals surface area (Å²) in [5, 5.41) is 14.4. The number of anilines is 1. The smallest absolute Gasteiger partial charge is 0.411 e. The summed E-state index contributed by atoms with van der Waals surface area (Å²) in [6, 6.07) is 20.5. The predicted octanol–water partition coefficient (Wildman–Crippen LogP) is 5.79. The van der Waals surface area contributed by atoms with Crippen LogP contribution in [0.2, 0.25) is 0 Å². The molecule has 0 aliphatic heterocycles. The van der Waals surface area contributed by atoms with Crippen LogP contribution in [0.1, 0.15) is 47.2 Å². The van der Waals surface area contributed by atoms with Gasteiger partial charge in [-0.2, -0.15) is 0 Å². The Morgan fingerprint density at radius 1 is 1.00 bits per heavy atom. The van der Waals surface area contributed by atoms with Crippen molar-refractivity contribution in [3.05, 3.63) is 87.9 Å². The van der Waals surface area contributed by atoms with Gasteiger partial charge in [-0.3, -0.25) is 14.9 Å². The molecule has 7 nitrogen and oxygen atoms in total. The number of benzene rings is 3. The number of amides is 2. The molecule has 35 heavy (non-hydrogen) atoms. The molecule has 8 heteroatoms. The molecule has 180 valence electrons. The number of hydrogen-bond donors (Lipinski definition) is 3. The summed E-state index contributed by atoms with van der Waals surface area (Å²) in [6.45, 7) is 1.94. The molecule has 1 atom stereocenters. The molecule has 0 saturated heterocycles. The molecule has 2 amide bonds. The van der Waals surface area contributed by atoms with E-state index in [1.165, 1.54) is 0 Å². The van der Waals surface area contributed by atoms with E-state index in [0.717, 1.165) is 22.3 Å². The molecule has 0 radical (unpaired) electrons. The molecule has 0 saturated carbocycles. The molecule has 0 bridgehead atoms. The minimum absolute atomic E-state index is 0.0836. The maximum Gasteiger partial charge on any atom is 0.411 e. The second-order valence-electron chi connectivity index (χ2n) is 8.32.